The molecule has 7 nitrogen and oxygen atoms in total. The summed E-state index contributed by atoms with van der Waals surface area (Å²) in [6.45, 7) is 7.48. The molecule has 3 rings (SSSR count). The Bertz CT molecular complexity index is 724. The zero-order chi connectivity index (χ0) is 17.8. The number of hydrogen-bond donors (Lipinski definition) is 0. The SMILES string of the molecule is Cc1cc(CC[C@H]2CN(C(=O)Cc3c(C)noc3C)CCO2)ncn1. The minimum Gasteiger partial charge on any atom is -0.375 e. The molecular weight excluding hydrogens is 320 g/mol. The molecule has 0 bridgehead atoms. The standard InChI is InChI=1S/C18H24N4O3/c1-12-8-15(20-11-19-12)4-5-16-10-22(6-7-24-16)18(23)9-17-13(2)21-25-14(17)3/h8,11,16H,4-7,9-10H2,1-3H3/t16-/m0/s1. The molecule has 0 spiro atoms. The summed E-state index contributed by atoms with van der Waals surface area (Å²) in [7, 11) is 0. The first-order chi connectivity index (χ1) is 12.0. The highest BCUT2D eigenvalue weighted by atomic mass is 16.5. The number of rotatable bonds is 5. The Morgan fingerprint density at radius 3 is 2.88 bits per heavy atom. The van der Waals surface area contributed by atoms with Gasteiger partial charge >= 0.3 is 0 Å². The third-order valence-electron chi connectivity index (χ3n) is 4.58. The van der Waals surface area contributed by atoms with Gasteiger partial charge < -0.3 is 14.2 Å². The minimum atomic E-state index is 0.0395. The first kappa shape index (κ1) is 17.5. The number of carbonyl (C=O) groups excluding carboxylic acids is 1. The molecular formula is C18H24N4O3. The van der Waals surface area contributed by atoms with E-state index < -0.39 is 0 Å². The fourth-order valence-corrected chi connectivity index (χ4v) is 3.09. The molecule has 1 saturated heterocycles. The van der Waals surface area contributed by atoms with E-state index in [-0.39, 0.29) is 12.0 Å². The zero-order valence-electron chi connectivity index (χ0n) is 15.0. The quantitative estimate of drug-likeness (QED) is 0.822. The van der Waals surface area contributed by atoms with Crippen molar-refractivity contribution >= 4 is 5.91 Å². The van der Waals surface area contributed by atoms with Crippen LogP contribution in [0.5, 0.6) is 0 Å². The first-order valence-electron chi connectivity index (χ1n) is 8.61. The van der Waals surface area contributed by atoms with E-state index in [4.69, 9.17) is 9.26 Å². The van der Waals surface area contributed by atoms with Crippen molar-refractivity contribution in [2.45, 2.75) is 46.1 Å². The molecule has 1 aliphatic rings. The fraction of sp³-hybridized carbons (Fsp3) is 0.556. The number of ether oxygens (including phenoxy) is 1. The number of hydrogen-bond acceptors (Lipinski definition) is 6. The lowest BCUT2D eigenvalue weighted by molar-refractivity contribution is -0.138. The lowest BCUT2D eigenvalue weighted by Gasteiger charge is -2.33. The molecule has 3 heterocycles. The normalized spacial score (nSPS) is 17.7. The van der Waals surface area contributed by atoms with Crippen molar-refractivity contribution < 1.29 is 14.1 Å². The molecule has 1 amide bonds. The maximum atomic E-state index is 12.6. The maximum Gasteiger partial charge on any atom is 0.227 e. The lowest BCUT2D eigenvalue weighted by atomic mass is 10.1. The van der Waals surface area contributed by atoms with Crippen LogP contribution in [0.15, 0.2) is 16.9 Å². The largest absolute Gasteiger partial charge is 0.375 e. The average molecular weight is 344 g/mol. The first-order valence-corrected chi connectivity index (χ1v) is 8.61. The van der Waals surface area contributed by atoms with Crippen LogP contribution in [-0.4, -0.2) is 51.7 Å². The Balaban J connectivity index is 1.54. The molecule has 2 aromatic heterocycles. The molecule has 0 saturated carbocycles. The summed E-state index contributed by atoms with van der Waals surface area (Å²) < 4.78 is 11.0. The van der Waals surface area contributed by atoms with Crippen LogP contribution in [-0.2, 0) is 22.4 Å². The molecule has 7 heteroatoms. The predicted molar refractivity (Wildman–Crippen MR) is 91.1 cm³/mol. The second-order valence-electron chi connectivity index (χ2n) is 6.50. The van der Waals surface area contributed by atoms with Crippen molar-refractivity contribution in [3.8, 4) is 0 Å². The monoisotopic (exact) mass is 344 g/mol. The van der Waals surface area contributed by atoms with Crippen LogP contribution in [0.3, 0.4) is 0 Å². The summed E-state index contributed by atoms with van der Waals surface area (Å²) in [6.07, 6.45) is 3.62. The molecule has 0 unspecified atom stereocenters. The van der Waals surface area contributed by atoms with E-state index in [2.05, 4.69) is 15.1 Å². The van der Waals surface area contributed by atoms with E-state index in [1.54, 1.807) is 6.33 Å². The van der Waals surface area contributed by atoms with Gasteiger partial charge in [0.15, 0.2) is 0 Å². The molecule has 0 radical (unpaired) electrons. The van der Waals surface area contributed by atoms with Crippen molar-refractivity contribution in [1.29, 1.82) is 0 Å². The van der Waals surface area contributed by atoms with Crippen LogP contribution in [0.1, 0.15) is 34.8 Å². The van der Waals surface area contributed by atoms with Crippen LogP contribution < -0.4 is 0 Å². The topological polar surface area (TPSA) is 81.4 Å². The van der Waals surface area contributed by atoms with E-state index in [1.807, 2.05) is 31.7 Å². The Labute approximate surface area is 147 Å². The molecule has 25 heavy (non-hydrogen) atoms. The second-order valence-corrected chi connectivity index (χ2v) is 6.50. The van der Waals surface area contributed by atoms with Gasteiger partial charge in [0.1, 0.15) is 12.1 Å². The van der Waals surface area contributed by atoms with Gasteiger partial charge in [-0.2, -0.15) is 0 Å². The summed E-state index contributed by atoms with van der Waals surface area (Å²) in [4.78, 5) is 22.9. The lowest BCUT2D eigenvalue weighted by Crippen LogP contribution is -2.46. The smallest absolute Gasteiger partial charge is 0.227 e. The summed E-state index contributed by atoms with van der Waals surface area (Å²) in [5.41, 5.74) is 3.65. The second kappa shape index (κ2) is 7.74. The number of aryl methyl sites for hydroxylation is 4. The number of aromatic nitrogens is 3. The Hall–Kier alpha value is -2.28. The van der Waals surface area contributed by atoms with Crippen LogP contribution in [0, 0.1) is 20.8 Å². The van der Waals surface area contributed by atoms with Gasteiger partial charge in [-0.1, -0.05) is 5.16 Å². The molecule has 1 fully saturated rings. The van der Waals surface area contributed by atoms with Crippen molar-refractivity contribution in [2.24, 2.45) is 0 Å². The highest BCUT2D eigenvalue weighted by Gasteiger charge is 2.25. The summed E-state index contributed by atoms with van der Waals surface area (Å²) in [6, 6.07) is 1.99. The third-order valence-corrected chi connectivity index (χ3v) is 4.58. The molecule has 2 aromatic rings. The highest BCUT2D eigenvalue weighted by molar-refractivity contribution is 5.79. The minimum absolute atomic E-state index is 0.0395. The van der Waals surface area contributed by atoms with E-state index in [9.17, 15) is 4.79 Å². The molecule has 1 aliphatic heterocycles. The van der Waals surface area contributed by atoms with Gasteiger partial charge in [-0.05, 0) is 39.7 Å². The van der Waals surface area contributed by atoms with Crippen LogP contribution in [0.2, 0.25) is 0 Å². The number of carbonyl (C=O) groups is 1. The van der Waals surface area contributed by atoms with E-state index >= 15 is 0 Å². The van der Waals surface area contributed by atoms with Crippen molar-refractivity contribution in [1.82, 2.24) is 20.0 Å². The average Bonchev–Trinajstić information content (AvgIpc) is 2.92. The molecule has 134 valence electrons. The van der Waals surface area contributed by atoms with Crippen molar-refractivity contribution in [2.75, 3.05) is 19.7 Å². The molecule has 0 N–H and O–H groups in total. The summed E-state index contributed by atoms with van der Waals surface area (Å²) in [5.74, 6) is 0.815. The van der Waals surface area contributed by atoms with Crippen molar-refractivity contribution in [3.05, 3.63) is 40.8 Å². The maximum absolute atomic E-state index is 12.6. The van der Waals surface area contributed by atoms with Gasteiger partial charge in [0.25, 0.3) is 0 Å². The van der Waals surface area contributed by atoms with Crippen LogP contribution in [0.25, 0.3) is 0 Å². The Morgan fingerprint density at radius 1 is 1.32 bits per heavy atom. The Morgan fingerprint density at radius 2 is 2.16 bits per heavy atom. The molecule has 0 aliphatic carbocycles. The van der Waals surface area contributed by atoms with Crippen LogP contribution in [0.4, 0.5) is 0 Å². The van der Waals surface area contributed by atoms with Gasteiger partial charge in [0, 0.05) is 30.0 Å². The van der Waals surface area contributed by atoms with Gasteiger partial charge in [-0.15, -0.1) is 0 Å². The van der Waals surface area contributed by atoms with E-state index in [0.29, 0.717) is 26.1 Å². The summed E-state index contributed by atoms with van der Waals surface area (Å²) in [5, 5.41) is 3.92. The van der Waals surface area contributed by atoms with Crippen molar-refractivity contribution in [3.63, 3.8) is 0 Å². The van der Waals surface area contributed by atoms with Gasteiger partial charge in [0.05, 0.1) is 24.8 Å². The van der Waals surface area contributed by atoms with Crippen LogP contribution >= 0.6 is 0 Å². The van der Waals surface area contributed by atoms with Gasteiger partial charge in [-0.25, -0.2) is 9.97 Å². The van der Waals surface area contributed by atoms with E-state index in [1.165, 1.54) is 0 Å². The zero-order valence-corrected chi connectivity index (χ0v) is 15.0. The fourth-order valence-electron chi connectivity index (χ4n) is 3.09. The number of nitrogens with zero attached hydrogens (tertiary/aromatic N) is 4. The number of amides is 1. The predicted octanol–water partition coefficient (Wildman–Crippen LogP) is 1.79. The van der Waals surface area contributed by atoms with Gasteiger partial charge in [-0.3, -0.25) is 4.79 Å². The Kier molecular flexibility index (Phi) is 5.43. The molecule has 1 atom stereocenters. The highest BCUT2D eigenvalue weighted by Crippen LogP contribution is 2.17. The number of morpholine rings is 1. The third kappa shape index (κ3) is 4.42. The molecule has 0 aromatic carbocycles. The van der Waals surface area contributed by atoms with Gasteiger partial charge in [0.2, 0.25) is 5.91 Å². The van der Waals surface area contributed by atoms with E-state index in [0.717, 1.165) is 41.2 Å². The summed E-state index contributed by atoms with van der Waals surface area (Å²) >= 11 is 0.